The molecule has 0 heterocycles. The van der Waals surface area contributed by atoms with E-state index in [1.165, 1.54) is 0 Å². The molecule has 0 saturated heterocycles. The molecule has 0 aliphatic carbocycles. The van der Waals surface area contributed by atoms with Gasteiger partial charge in [-0.05, 0) is 6.54 Å². The van der Waals surface area contributed by atoms with E-state index >= 15 is 0 Å². The SMILES string of the molecule is C[N+](C)(C)CCCNCCC(O)(POOO)P(=O)(O)O. The first-order valence-corrected chi connectivity index (χ1v) is 8.57. The van der Waals surface area contributed by atoms with Gasteiger partial charge in [0.15, 0.2) is 0 Å². The number of rotatable bonds is 11. The summed E-state index contributed by atoms with van der Waals surface area (Å²) in [6.07, 6.45) is 0.680. The maximum atomic E-state index is 11.2. The Morgan fingerprint density at radius 3 is 2.35 bits per heavy atom. The molecule has 11 heteroatoms. The molecular weight excluding hydrogens is 310 g/mol. The molecule has 0 fully saturated rings. The van der Waals surface area contributed by atoms with Gasteiger partial charge in [-0.15, -0.1) is 0 Å². The van der Waals surface area contributed by atoms with Crippen molar-refractivity contribution in [3.05, 3.63) is 0 Å². The Balaban J connectivity index is 4.07. The van der Waals surface area contributed by atoms with Gasteiger partial charge in [0.25, 0.3) is 0 Å². The van der Waals surface area contributed by atoms with E-state index in [4.69, 9.17) is 15.0 Å². The molecule has 9 nitrogen and oxygen atoms in total. The molecule has 122 valence electrons. The third kappa shape index (κ3) is 8.59. The zero-order chi connectivity index (χ0) is 15.9. The summed E-state index contributed by atoms with van der Waals surface area (Å²) in [4.78, 5) is 18.2. The first-order chi connectivity index (χ1) is 9.02. The van der Waals surface area contributed by atoms with Crippen LogP contribution in [0.3, 0.4) is 0 Å². The molecule has 0 aromatic carbocycles. The van der Waals surface area contributed by atoms with Crippen LogP contribution >= 0.6 is 16.4 Å². The van der Waals surface area contributed by atoms with E-state index in [0.717, 1.165) is 17.4 Å². The third-order valence-corrected chi connectivity index (χ3v) is 5.63. The number of hydrogen-bond acceptors (Lipinski definition) is 6. The van der Waals surface area contributed by atoms with Crippen LogP contribution in [0.1, 0.15) is 12.8 Å². The third-order valence-electron chi connectivity index (χ3n) is 2.56. The standard InChI is InChI=1S/C9H24N2O7P2/c1-11(2,3)8-4-6-10-7-5-9(12,19-18-17-13)20(14,15)16/h10,12,19H,4-8H2,1-3H3,(H2-,13,14,15,16)/p+1. The van der Waals surface area contributed by atoms with E-state index in [9.17, 15) is 9.67 Å². The monoisotopic (exact) mass is 335 g/mol. The van der Waals surface area contributed by atoms with Crippen molar-refractivity contribution in [3.63, 3.8) is 0 Å². The Bertz CT molecular complexity index is 320. The van der Waals surface area contributed by atoms with Gasteiger partial charge >= 0.3 is 7.60 Å². The highest BCUT2D eigenvalue weighted by Crippen LogP contribution is 2.60. The minimum atomic E-state index is -4.79. The highest BCUT2D eigenvalue weighted by Gasteiger charge is 2.46. The lowest BCUT2D eigenvalue weighted by Crippen LogP contribution is -2.37. The first-order valence-electron chi connectivity index (χ1n) is 6.05. The highest BCUT2D eigenvalue weighted by molar-refractivity contribution is 7.64. The maximum Gasteiger partial charge on any atom is 0.363 e. The van der Waals surface area contributed by atoms with Crippen molar-refractivity contribution < 1.29 is 38.9 Å². The predicted octanol–water partition coefficient (Wildman–Crippen LogP) is -0.0991. The topological polar surface area (TPSA) is 128 Å². The fourth-order valence-corrected chi connectivity index (χ4v) is 2.80. The van der Waals surface area contributed by atoms with Crippen molar-refractivity contribution in [2.75, 3.05) is 40.8 Å². The molecule has 2 atom stereocenters. The second kappa shape index (κ2) is 8.70. The highest BCUT2D eigenvalue weighted by atomic mass is 31.2. The van der Waals surface area contributed by atoms with Crippen LogP contribution in [0, 0.1) is 0 Å². The number of aliphatic hydroxyl groups is 1. The Morgan fingerprint density at radius 1 is 1.30 bits per heavy atom. The molecule has 0 spiro atoms. The van der Waals surface area contributed by atoms with Crippen LogP contribution in [0.4, 0.5) is 0 Å². The normalized spacial score (nSPS) is 16.8. The second-order valence-corrected chi connectivity index (χ2v) is 8.93. The molecule has 0 aromatic rings. The van der Waals surface area contributed by atoms with E-state index in [1.807, 2.05) is 0 Å². The van der Waals surface area contributed by atoms with Crippen LogP contribution in [0.15, 0.2) is 0 Å². The number of hydrogen-bond donors (Lipinski definition) is 5. The van der Waals surface area contributed by atoms with E-state index < -0.39 is 21.5 Å². The smallest absolute Gasteiger partial charge is 0.363 e. The Labute approximate surface area is 120 Å². The molecular formula is C9H25N2O7P2+. The van der Waals surface area contributed by atoms with Crippen LogP contribution in [0.2, 0.25) is 0 Å². The van der Waals surface area contributed by atoms with Crippen LogP contribution in [0.25, 0.3) is 0 Å². The van der Waals surface area contributed by atoms with Crippen LogP contribution in [0.5, 0.6) is 0 Å². The number of nitrogens with zero attached hydrogens (tertiary/aromatic N) is 1. The van der Waals surface area contributed by atoms with Crippen molar-refractivity contribution in [2.24, 2.45) is 0 Å². The summed E-state index contributed by atoms with van der Waals surface area (Å²) in [6.45, 7) is 1.84. The zero-order valence-corrected chi connectivity index (χ0v) is 13.8. The van der Waals surface area contributed by atoms with Gasteiger partial charge in [0.05, 0.1) is 27.7 Å². The number of quaternary nitrogens is 1. The lowest BCUT2D eigenvalue weighted by Gasteiger charge is -2.27. The molecule has 5 N–H and O–H groups in total. The van der Waals surface area contributed by atoms with Gasteiger partial charge in [-0.25, -0.2) is 5.26 Å². The van der Waals surface area contributed by atoms with Crippen LogP contribution < -0.4 is 5.32 Å². The molecule has 0 radical (unpaired) electrons. The molecule has 0 amide bonds. The second-order valence-electron chi connectivity index (χ2n) is 5.49. The molecule has 0 aliphatic heterocycles. The van der Waals surface area contributed by atoms with E-state index in [1.54, 1.807) is 0 Å². The summed E-state index contributed by atoms with van der Waals surface area (Å²) in [5, 5.41) is 21.8. The van der Waals surface area contributed by atoms with Crippen molar-refractivity contribution in [3.8, 4) is 0 Å². The summed E-state index contributed by atoms with van der Waals surface area (Å²) in [5.41, 5.74) is 0. The Morgan fingerprint density at radius 2 is 1.90 bits per heavy atom. The molecule has 0 bridgehead atoms. The van der Waals surface area contributed by atoms with Crippen molar-refractivity contribution in [2.45, 2.75) is 17.9 Å². The fraction of sp³-hybridized carbons (Fsp3) is 1.00. The van der Waals surface area contributed by atoms with Crippen LogP contribution in [-0.4, -0.2) is 70.5 Å². The molecule has 0 aliphatic rings. The summed E-state index contributed by atoms with van der Waals surface area (Å²) >= 11 is 0. The van der Waals surface area contributed by atoms with Gasteiger partial charge in [-0.1, -0.05) is 5.04 Å². The Hall–Kier alpha value is 0.340. The van der Waals surface area contributed by atoms with Gasteiger partial charge in [0.1, 0.15) is 8.81 Å². The predicted molar refractivity (Wildman–Crippen MR) is 75.1 cm³/mol. The van der Waals surface area contributed by atoms with Gasteiger partial charge in [0, 0.05) is 19.4 Å². The summed E-state index contributed by atoms with van der Waals surface area (Å²) in [6, 6.07) is 0. The average molecular weight is 335 g/mol. The largest absolute Gasteiger partial charge is 0.372 e. The lowest BCUT2D eigenvalue weighted by atomic mass is 10.3. The van der Waals surface area contributed by atoms with Crippen LogP contribution in [-0.2, 0) is 14.3 Å². The molecule has 20 heavy (non-hydrogen) atoms. The van der Waals surface area contributed by atoms with E-state index in [0.29, 0.717) is 6.54 Å². The minimum Gasteiger partial charge on any atom is -0.372 e. The summed E-state index contributed by atoms with van der Waals surface area (Å²) in [5.74, 6) is 0. The van der Waals surface area contributed by atoms with E-state index in [-0.39, 0.29) is 13.0 Å². The maximum absolute atomic E-state index is 11.2. The van der Waals surface area contributed by atoms with Crippen molar-refractivity contribution in [1.82, 2.24) is 5.32 Å². The minimum absolute atomic E-state index is 0.209. The molecule has 2 unspecified atom stereocenters. The summed E-state index contributed by atoms with van der Waals surface area (Å²) < 4.78 is 16.1. The van der Waals surface area contributed by atoms with Crippen molar-refractivity contribution in [1.29, 1.82) is 0 Å². The number of nitrogens with one attached hydrogen (secondary N) is 1. The lowest BCUT2D eigenvalue weighted by molar-refractivity contribution is -0.870. The Kier molecular flexibility index (Phi) is 8.85. The van der Waals surface area contributed by atoms with Gasteiger partial charge < -0.3 is 24.7 Å². The zero-order valence-electron chi connectivity index (χ0n) is 11.9. The van der Waals surface area contributed by atoms with Gasteiger partial charge in [0.2, 0.25) is 5.08 Å². The average Bonchev–Trinajstić information content (AvgIpc) is 2.28. The van der Waals surface area contributed by atoms with Crippen molar-refractivity contribution >= 4 is 16.4 Å². The molecule has 0 rings (SSSR count). The van der Waals surface area contributed by atoms with E-state index in [2.05, 4.69) is 36.2 Å². The molecule has 0 saturated carbocycles. The molecule has 0 aromatic heterocycles. The van der Waals surface area contributed by atoms with Gasteiger partial charge in [-0.3, -0.25) is 4.57 Å². The fourth-order valence-electron chi connectivity index (χ4n) is 1.41. The quantitative estimate of drug-likeness (QED) is 0.116. The first kappa shape index (κ1) is 20.3. The van der Waals surface area contributed by atoms with Gasteiger partial charge in [-0.2, -0.15) is 4.67 Å². The summed E-state index contributed by atoms with van der Waals surface area (Å²) in [7, 11) is 0.325.